The Hall–Kier alpha value is -4.85. The van der Waals surface area contributed by atoms with E-state index in [0.29, 0.717) is 57.9 Å². The molecule has 2 aromatic carbocycles. The highest BCUT2D eigenvalue weighted by Crippen LogP contribution is 2.42. The number of ether oxygens (including phenoxy) is 1. The van der Waals surface area contributed by atoms with Gasteiger partial charge in [0, 0.05) is 84.4 Å². The molecule has 0 radical (unpaired) electrons. The molecule has 0 aliphatic carbocycles. The highest BCUT2D eigenvalue weighted by molar-refractivity contribution is 6.39. The van der Waals surface area contributed by atoms with Crippen molar-refractivity contribution in [2.75, 3.05) is 20.2 Å². The Morgan fingerprint density at radius 2 is 1.73 bits per heavy atom. The van der Waals surface area contributed by atoms with Crippen LogP contribution >= 0.6 is 23.2 Å². The number of methoxy groups -OCH3 is 1. The van der Waals surface area contributed by atoms with Crippen LogP contribution in [-0.4, -0.2) is 63.6 Å². The first-order chi connectivity index (χ1) is 24.6. The minimum absolute atomic E-state index is 0.0841. The molecule has 6 rings (SSSR count). The number of rotatable bonds is 14. The van der Waals surface area contributed by atoms with Gasteiger partial charge in [-0.25, -0.2) is 9.97 Å². The lowest BCUT2D eigenvalue weighted by Crippen LogP contribution is -2.35. The van der Waals surface area contributed by atoms with Gasteiger partial charge in [0.2, 0.25) is 17.7 Å². The number of aromatic nitrogens is 3. The predicted octanol–water partition coefficient (Wildman–Crippen LogP) is 4.10. The minimum atomic E-state index is -0.946. The van der Waals surface area contributed by atoms with Gasteiger partial charge in [0.15, 0.2) is 0 Å². The maximum atomic E-state index is 13.2. The first kappa shape index (κ1) is 36.0. The van der Waals surface area contributed by atoms with Gasteiger partial charge in [-0.05, 0) is 30.2 Å². The molecule has 4 heterocycles. The fourth-order valence-corrected chi connectivity index (χ4v) is 6.78. The van der Waals surface area contributed by atoms with Gasteiger partial charge in [-0.1, -0.05) is 65.7 Å². The number of nitrogens with one attached hydrogen (secondary N) is 3. The van der Waals surface area contributed by atoms with E-state index in [1.54, 1.807) is 25.4 Å². The SMILES string of the molecule is COc1nc(-c2cccc(-c3cccc(-c4ccn5c(=O)c(CNC[C@H](O)CC(N)=O)cnc5c4)c3Cl)c2Cl)ccc1CNC[C@@H]1CCC(=O)N1. The third-order valence-corrected chi connectivity index (χ3v) is 9.53. The molecule has 51 heavy (non-hydrogen) atoms. The maximum absolute atomic E-state index is 13.2. The zero-order valence-corrected chi connectivity index (χ0v) is 29.3. The fourth-order valence-electron chi connectivity index (χ4n) is 6.12. The molecule has 0 bridgehead atoms. The van der Waals surface area contributed by atoms with Crippen molar-refractivity contribution in [2.45, 2.75) is 44.5 Å². The van der Waals surface area contributed by atoms with Crippen LogP contribution in [-0.2, 0) is 22.7 Å². The van der Waals surface area contributed by atoms with Gasteiger partial charge in [-0.3, -0.25) is 18.8 Å². The summed E-state index contributed by atoms with van der Waals surface area (Å²) < 4.78 is 7.07. The van der Waals surface area contributed by atoms with E-state index < -0.39 is 12.0 Å². The van der Waals surface area contributed by atoms with Gasteiger partial charge in [0.1, 0.15) is 5.65 Å². The quantitative estimate of drug-likeness (QED) is 0.113. The summed E-state index contributed by atoms with van der Waals surface area (Å²) in [6.45, 7) is 1.45. The van der Waals surface area contributed by atoms with Crippen molar-refractivity contribution in [3.8, 4) is 39.4 Å². The van der Waals surface area contributed by atoms with Crippen molar-refractivity contribution >= 4 is 40.7 Å². The van der Waals surface area contributed by atoms with Crippen LogP contribution in [0.15, 0.2) is 77.9 Å². The van der Waals surface area contributed by atoms with E-state index in [2.05, 4.69) is 20.9 Å². The van der Waals surface area contributed by atoms with Crippen molar-refractivity contribution in [1.29, 1.82) is 0 Å². The number of nitrogens with zero attached hydrogens (tertiary/aromatic N) is 3. The Kier molecular flexibility index (Phi) is 11.3. The van der Waals surface area contributed by atoms with Gasteiger partial charge >= 0.3 is 0 Å². The van der Waals surface area contributed by atoms with Crippen LogP contribution in [0.25, 0.3) is 39.2 Å². The van der Waals surface area contributed by atoms with Crippen LogP contribution in [0.4, 0.5) is 0 Å². The zero-order valence-electron chi connectivity index (χ0n) is 27.8. The lowest BCUT2D eigenvalue weighted by molar-refractivity contribution is -0.120. The summed E-state index contributed by atoms with van der Waals surface area (Å²) >= 11 is 14.1. The molecule has 5 aromatic rings. The highest BCUT2D eigenvalue weighted by Gasteiger charge is 2.21. The number of nitrogens with two attached hydrogens (primary N) is 1. The lowest BCUT2D eigenvalue weighted by Gasteiger charge is -2.16. The van der Waals surface area contributed by atoms with Crippen molar-refractivity contribution < 1.29 is 19.4 Å². The summed E-state index contributed by atoms with van der Waals surface area (Å²) in [5.41, 5.74) is 10.8. The van der Waals surface area contributed by atoms with Crippen LogP contribution in [0.5, 0.6) is 5.88 Å². The third-order valence-electron chi connectivity index (χ3n) is 8.71. The number of fused-ring (bicyclic) bond motifs is 1. The van der Waals surface area contributed by atoms with E-state index in [9.17, 15) is 19.5 Å². The monoisotopic (exact) mass is 729 g/mol. The predicted molar refractivity (Wildman–Crippen MR) is 197 cm³/mol. The average molecular weight is 731 g/mol. The second kappa shape index (κ2) is 16.0. The van der Waals surface area contributed by atoms with E-state index in [0.717, 1.165) is 34.2 Å². The number of halogens is 2. The van der Waals surface area contributed by atoms with Gasteiger partial charge in [-0.2, -0.15) is 0 Å². The summed E-state index contributed by atoms with van der Waals surface area (Å²) in [4.78, 5) is 44.9. The molecule has 3 aromatic heterocycles. The van der Waals surface area contributed by atoms with Gasteiger partial charge in [0.05, 0.1) is 35.4 Å². The Bertz CT molecular complexity index is 2160. The number of benzene rings is 2. The molecule has 0 spiro atoms. The summed E-state index contributed by atoms with van der Waals surface area (Å²) in [7, 11) is 1.58. The number of hydrogen-bond donors (Lipinski definition) is 5. The fraction of sp³-hybridized carbons (Fsp3) is 0.270. The molecule has 6 N–H and O–H groups in total. The smallest absolute Gasteiger partial charge is 0.262 e. The normalized spacial score (nSPS) is 14.8. The third kappa shape index (κ3) is 8.22. The number of aliphatic hydroxyl groups is 1. The minimum Gasteiger partial charge on any atom is -0.481 e. The molecule has 1 fully saturated rings. The standard InChI is InChI=1S/C37H37Cl2N7O5/c1-51-36-22(16-41-19-24-9-11-33(49)44-24)8-10-30(45-36)29-7-3-6-28(35(29)39)27-5-2-4-26(34(27)38)21-12-13-46-32(14-21)43-18-23(37(46)50)17-42-20-25(47)15-31(40)48/h2-8,10,12-14,18,24-25,41-42,47H,9,11,15-17,19-20H2,1H3,(H2,40,48)(H,44,49)/t24-,25+/m0/s1. The van der Waals surface area contributed by atoms with E-state index >= 15 is 0 Å². The van der Waals surface area contributed by atoms with E-state index in [4.69, 9.17) is 38.7 Å². The first-order valence-corrected chi connectivity index (χ1v) is 17.2. The van der Waals surface area contributed by atoms with Crippen LogP contribution in [0.2, 0.25) is 10.0 Å². The molecule has 0 saturated carbocycles. The molecule has 1 aliphatic rings. The maximum Gasteiger partial charge on any atom is 0.262 e. The van der Waals surface area contributed by atoms with Gasteiger partial charge in [-0.15, -0.1) is 0 Å². The average Bonchev–Trinajstić information content (AvgIpc) is 3.54. The number of aliphatic hydroxyl groups excluding tert-OH is 1. The number of hydrogen-bond acceptors (Lipinski definition) is 9. The molecular formula is C37H37Cl2N7O5. The largest absolute Gasteiger partial charge is 0.481 e. The number of carbonyl (C=O) groups excluding carboxylic acids is 2. The van der Waals surface area contributed by atoms with Crippen LogP contribution in [0, 0.1) is 0 Å². The van der Waals surface area contributed by atoms with Crippen LogP contribution in [0.3, 0.4) is 0 Å². The molecule has 12 nitrogen and oxygen atoms in total. The summed E-state index contributed by atoms with van der Waals surface area (Å²) in [5, 5.41) is 20.1. The topological polar surface area (TPSA) is 173 Å². The highest BCUT2D eigenvalue weighted by atomic mass is 35.5. The zero-order chi connectivity index (χ0) is 36.1. The van der Waals surface area contributed by atoms with Crippen LogP contribution in [0.1, 0.15) is 30.4 Å². The van der Waals surface area contributed by atoms with E-state index in [-0.39, 0.29) is 37.0 Å². The van der Waals surface area contributed by atoms with Gasteiger partial charge < -0.3 is 31.5 Å². The molecule has 1 saturated heterocycles. The Morgan fingerprint density at radius 3 is 2.43 bits per heavy atom. The van der Waals surface area contributed by atoms with Crippen molar-refractivity contribution in [1.82, 2.24) is 30.3 Å². The summed E-state index contributed by atoms with van der Waals surface area (Å²) in [5.74, 6) is -0.0442. The van der Waals surface area contributed by atoms with E-state index in [1.165, 1.54) is 10.6 Å². The summed E-state index contributed by atoms with van der Waals surface area (Å²) in [6, 6.07) is 18.9. The van der Waals surface area contributed by atoms with Crippen molar-refractivity contribution in [3.63, 3.8) is 0 Å². The second-order valence-corrected chi connectivity index (χ2v) is 13.1. The Labute approximate surface area is 304 Å². The number of carbonyl (C=O) groups is 2. The molecule has 2 atom stereocenters. The summed E-state index contributed by atoms with van der Waals surface area (Å²) in [6.07, 6.45) is 3.39. The Balaban J connectivity index is 1.22. The number of primary amides is 1. The van der Waals surface area contributed by atoms with E-state index in [1.807, 2.05) is 48.5 Å². The Morgan fingerprint density at radius 1 is 1.02 bits per heavy atom. The van der Waals surface area contributed by atoms with Gasteiger partial charge in [0.25, 0.3) is 5.56 Å². The number of amides is 2. The van der Waals surface area contributed by atoms with Crippen molar-refractivity contribution in [2.24, 2.45) is 5.73 Å². The molecule has 14 heteroatoms. The second-order valence-electron chi connectivity index (χ2n) is 12.3. The number of pyridine rings is 2. The van der Waals surface area contributed by atoms with Crippen molar-refractivity contribution in [3.05, 3.63) is 105 Å². The van der Waals surface area contributed by atoms with Crippen LogP contribution < -0.4 is 32.0 Å². The molecule has 0 unspecified atom stereocenters. The first-order valence-electron chi connectivity index (χ1n) is 16.4. The molecule has 1 aliphatic heterocycles. The molecule has 264 valence electrons. The molecule has 2 amide bonds. The lowest BCUT2D eigenvalue weighted by atomic mass is 9.97. The molecular weight excluding hydrogens is 693 g/mol.